The molecule has 20 nitrogen and oxygen atoms in total. The van der Waals surface area contributed by atoms with Gasteiger partial charge in [0.05, 0.1) is 29.8 Å². The number of hydrogen-bond acceptors (Lipinski definition) is 21. The van der Waals surface area contributed by atoms with Crippen molar-refractivity contribution in [2.24, 2.45) is 28.7 Å². The Morgan fingerprint density at radius 3 is 1.40 bits per heavy atom. The number of hydroxylamine groups is 4. The molecule has 2 atom stereocenters. The van der Waals surface area contributed by atoms with Crippen molar-refractivity contribution in [1.82, 2.24) is 26.1 Å². The molecule has 80 heavy (non-hydrogen) atoms. The van der Waals surface area contributed by atoms with Crippen LogP contribution in [0.25, 0.3) is 0 Å². The molecule has 460 valence electrons. The number of hydrogen-bond donors (Lipinski definition) is 9. The fraction of sp³-hybridized carbons (Fsp3) is 0.778. The van der Waals surface area contributed by atoms with Crippen LogP contribution in [-0.2, 0) is 43.2 Å². The van der Waals surface area contributed by atoms with Gasteiger partial charge < -0.3 is 20.8 Å². The van der Waals surface area contributed by atoms with Crippen molar-refractivity contribution in [3.05, 3.63) is 0 Å². The third-order valence-corrected chi connectivity index (χ3v) is 18.8. The molecule has 2 heterocycles. The number of carbonyl (C=O) groups is 8. The molecule has 2 saturated heterocycles. The Morgan fingerprint density at radius 2 is 0.975 bits per heavy atom. The number of thioether (sulfide) groups is 2. The van der Waals surface area contributed by atoms with Crippen LogP contribution in [0.4, 0.5) is 0 Å². The van der Waals surface area contributed by atoms with Crippen molar-refractivity contribution in [2.45, 2.75) is 228 Å². The molecular weight excluding hydrogens is 1140 g/mol. The zero-order valence-electron chi connectivity index (χ0n) is 48.2. The summed E-state index contributed by atoms with van der Waals surface area (Å²) in [7, 11) is 5.09. The Morgan fingerprint density at radius 1 is 0.562 bits per heavy atom. The molecule has 26 heteroatoms. The number of unbranched alkanes of at least 4 members (excludes halogenated alkanes) is 16. The highest BCUT2D eigenvalue weighted by molar-refractivity contribution is 8.77. The fourth-order valence-corrected chi connectivity index (χ4v) is 12.7. The number of rotatable bonds is 42. The standard InChI is InChI=1S/C16H30N4O2S2.C16H23NO4S.C11H26N4OS2.C11H19NO3S/c1-3-5-7-8-9-12-19-14(21)11-13-23-24-16(17,18)20-15(22)10-6-4-2;1-3-5-7-8-9-11-22-13-12-14(18)17(16(13)20)21-15(19)10-6-4-2;1-2-3-4-5-6-8-15-10(16)7-9-17-18-11(12,13)14;1-2-3-4-5-6-7-16-9-8-10(13)12(15)11(9)14/h2H,3,5-13,17-18H2,1H3,(H,19,21)(H,20,22);2,13H,3,5-12H2,1H3;2-9,12-14H2,1H3,(H,15,16);9,15H,2-8H2,1H3. The molecule has 2 aliphatic heterocycles. The Bertz CT molecular complexity index is 1840. The average Bonchev–Trinajstić information content (AvgIpc) is 3.83. The second-order valence-corrected chi connectivity index (χ2v) is 27.0. The summed E-state index contributed by atoms with van der Waals surface area (Å²) in [5, 5.41) is 14.8. The molecule has 14 N–H and O–H groups in total. The van der Waals surface area contributed by atoms with Crippen molar-refractivity contribution >= 4 is 114 Å². The minimum Gasteiger partial charge on any atom is -0.356 e. The van der Waals surface area contributed by atoms with Crippen molar-refractivity contribution < 1.29 is 48.4 Å². The highest BCUT2D eigenvalue weighted by atomic mass is 33.1. The first-order chi connectivity index (χ1) is 38.1. The minimum absolute atomic E-state index is 0.00278. The average molecular weight is 1240 g/mol. The fourth-order valence-electron chi connectivity index (χ4n) is 6.84. The number of terminal acetylenes is 2. The van der Waals surface area contributed by atoms with Gasteiger partial charge >= 0.3 is 5.97 Å². The monoisotopic (exact) mass is 1240 g/mol. The Balaban J connectivity index is 0. The van der Waals surface area contributed by atoms with Crippen LogP contribution in [-0.4, -0.2) is 119 Å². The molecule has 0 saturated carbocycles. The lowest BCUT2D eigenvalue weighted by atomic mass is 10.1. The van der Waals surface area contributed by atoms with E-state index in [1.807, 2.05) is 0 Å². The smallest absolute Gasteiger partial charge is 0.334 e. The minimum atomic E-state index is -1.37. The Labute approximate surface area is 503 Å². The summed E-state index contributed by atoms with van der Waals surface area (Å²) in [6.07, 6.45) is 35.7. The number of nitrogens with two attached hydrogens (primary N) is 5. The van der Waals surface area contributed by atoms with Crippen LogP contribution in [0.1, 0.15) is 207 Å². The number of nitrogens with zero attached hydrogens (tertiary/aromatic N) is 2. The van der Waals surface area contributed by atoms with Gasteiger partial charge in [0.2, 0.25) is 22.8 Å². The van der Waals surface area contributed by atoms with Gasteiger partial charge in [-0.1, -0.05) is 152 Å². The van der Waals surface area contributed by atoms with Crippen molar-refractivity contribution in [2.75, 3.05) is 36.1 Å². The van der Waals surface area contributed by atoms with Crippen LogP contribution in [0.3, 0.4) is 0 Å². The van der Waals surface area contributed by atoms with E-state index in [0.29, 0.717) is 35.8 Å². The van der Waals surface area contributed by atoms with Crippen LogP contribution < -0.4 is 44.6 Å². The predicted octanol–water partition coefficient (Wildman–Crippen LogP) is 8.13. The van der Waals surface area contributed by atoms with Gasteiger partial charge in [-0.05, 0) is 58.8 Å². The number of amides is 7. The molecule has 2 unspecified atom stereocenters. The first-order valence-electron chi connectivity index (χ1n) is 28.3. The van der Waals surface area contributed by atoms with Crippen LogP contribution in [0.2, 0.25) is 0 Å². The number of nitrogens with one attached hydrogen (secondary N) is 3. The largest absolute Gasteiger partial charge is 0.356 e. The zero-order chi connectivity index (χ0) is 60.5. The molecule has 0 aliphatic carbocycles. The second-order valence-electron chi connectivity index (χ2n) is 18.9. The number of carbonyl (C=O) groups excluding carboxylic acids is 8. The van der Waals surface area contributed by atoms with Gasteiger partial charge in [0.15, 0.2) is 5.12 Å². The van der Waals surface area contributed by atoms with Crippen molar-refractivity contribution in [3.8, 4) is 24.7 Å². The van der Waals surface area contributed by atoms with Crippen LogP contribution in [0, 0.1) is 24.7 Å². The summed E-state index contributed by atoms with van der Waals surface area (Å²) in [5.41, 5.74) is 27.7. The van der Waals surface area contributed by atoms with Gasteiger partial charge in [-0.2, -0.15) is 5.06 Å². The van der Waals surface area contributed by atoms with Gasteiger partial charge in [0.25, 0.3) is 23.6 Å². The predicted molar refractivity (Wildman–Crippen MR) is 334 cm³/mol. The molecule has 2 rings (SSSR count). The van der Waals surface area contributed by atoms with E-state index in [-0.39, 0.29) is 60.1 Å². The normalized spacial score (nSPS) is 14.9. The summed E-state index contributed by atoms with van der Waals surface area (Å²) in [4.78, 5) is 97.0. The number of imide groups is 2. The molecule has 2 fully saturated rings. The molecule has 0 bridgehead atoms. The third kappa shape index (κ3) is 46.6. The summed E-state index contributed by atoms with van der Waals surface area (Å²) in [6, 6.07) is 0. The van der Waals surface area contributed by atoms with Gasteiger partial charge in [-0.3, -0.25) is 67.4 Å². The SMILES string of the molecule is C#CCCC(=O)NC(N)(N)SSCCC(=O)NCCCCCCC.C#CCCC(=O)ON1C(=O)CC(SCCCCCCC)C1=O.CCCCCCCNC(=O)CCSSC(N)(N)N.CCCCCCCSC1CC(=O)N(O)C1=O. The molecule has 2 aliphatic rings. The van der Waals surface area contributed by atoms with Crippen LogP contribution >= 0.6 is 66.7 Å². The van der Waals surface area contributed by atoms with E-state index in [0.717, 1.165) is 73.9 Å². The first-order valence-corrected chi connectivity index (χ1v) is 35.0. The molecule has 0 radical (unpaired) electrons. The highest BCUT2D eigenvalue weighted by Gasteiger charge is 2.42. The molecular formula is C54H98N10O10S6. The summed E-state index contributed by atoms with van der Waals surface area (Å²) < 4.78 is 0. The quantitative estimate of drug-likeness (QED) is 0.00695. The summed E-state index contributed by atoms with van der Waals surface area (Å²) >= 11 is 2.95. The third-order valence-electron chi connectivity index (χ3n) is 11.2. The second kappa shape index (κ2) is 51.8. The summed E-state index contributed by atoms with van der Waals surface area (Å²) in [5.74, 6) is 5.01. The van der Waals surface area contributed by atoms with Crippen molar-refractivity contribution in [3.63, 3.8) is 0 Å². The maximum Gasteiger partial charge on any atom is 0.334 e. The molecule has 0 aromatic heterocycles. The molecule has 0 aromatic rings. The van der Waals surface area contributed by atoms with Crippen molar-refractivity contribution in [1.29, 1.82) is 0 Å². The molecule has 0 aromatic carbocycles. The van der Waals surface area contributed by atoms with E-state index in [9.17, 15) is 38.4 Å². The van der Waals surface area contributed by atoms with E-state index >= 15 is 0 Å². The van der Waals surface area contributed by atoms with E-state index in [4.69, 9.17) is 51.6 Å². The Hall–Kier alpha value is -2.86. The van der Waals surface area contributed by atoms with Crippen LogP contribution in [0.15, 0.2) is 0 Å². The van der Waals surface area contributed by atoms with Gasteiger partial charge in [0, 0.05) is 56.7 Å². The topological polar surface area (TPSA) is 339 Å². The van der Waals surface area contributed by atoms with E-state index < -0.39 is 45.1 Å². The van der Waals surface area contributed by atoms with E-state index in [1.165, 1.54) is 146 Å². The van der Waals surface area contributed by atoms with Gasteiger partial charge in [-0.15, -0.1) is 53.3 Å². The lowest BCUT2D eigenvalue weighted by Gasteiger charge is -2.24. The maximum absolute atomic E-state index is 12.1. The maximum atomic E-state index is 12.1. The van der Waals surface area contributed by atoms with Crippen LogP contribution in [0.5, 0.6) is 0 Å². The van der Waals surface area contributed by atoms with Gasteiger partial charge in [-0.25, -0.2) is 4.79 Å². The highest BCUT2D eigenvalue weighted by Crippen LogP contribution is 2.29. The molecule has 0 spiro atoms. The first kappa shape index (κ1) is 79.2. The Kier molecular flexibility index (Phi) is 51.2. The van der Waals surface area contributed by atoms with E-state index in [1.54, 1.807) is 0 Å². The summed E-state index contributed by atoms with van der Waals surface area (Å²) in [6.45, 7) is 10.2. The zero-order valence-corrected chi connectivity index (χ0v) is 53.1. The lowest BCUT2D eigenvalue weighted by Crippen LogP contribution is -2.59. The van der Waals surface area contributed by atoms with Gasteiger partial charge in [0.1, 0.15) is 0 Å². The molecule has 7 amide bonds. The lowest BCUT2D eigenvalue weighted by molar-refractivity contribution is -0.197. The van der Waals surface area contributed by atoms with E-state index in [2.05, 4.69) is 55.5 Å².